The van der Waals surface area contributed by atoms with Crippen LogP contribution >= 0.6 is 0 Å². The standard InChI is InChI=1S/C79H88F4N2/c1-11-13-15-17-19-31-49-77(50-32-20-18-16-14-12-2)67-53-59(84(57-33-23-21-24-34-57)71-39-29-27-37-61(71)55-41-47-65-69(51-55)75(7,8)78(80,81)73(65,3)4)43-45-63(67)64-46-44-60(54-68(64)77)85(58-35-25-22-26-36-58)72-40-30-28-38-62(72)56-42-48-66-70(52-56)76(9,10)79(82,83)74(66,5)6/h21-30,33-48,51-54H,11-20,31-32,49-50H2,1-10H3. The van der Waals surface area contributed by atoms with Crippen LogP contribution in [0.3, 0.4) is 0 Å². The molecular weight excluding hydrogens is 1050 g/mol. The highest BCUT2D eigenvalue weighted by Gasteiger charge is 2.66. The molecule has 85 heavy (non-hydrogen) atoms. The lowest BCUT2D eigenvalue weighted by atomic mass is 9.70. The Hall–Kier alpha value is -6.92. The van der Waals surface area contributed by atoms with Crippen LogP contribution in [-0.4, -0.2) is 11.8 Å². The lowest BCUT2D eigenvalue weighted by Gasteiger charge is -2.35. The number of alkyl halides is 4. The molecule has 8 aromatic carbocycles. The zero-order valence-corrected chi connectivity index (χ0v) is 52.1. The number of hydrogen-bond acceptors (Lipinski definition) is 2. The molecule has 2 nitrogen and oxygen atoms in total. The Bertz CT molecular complexity index is 3440. The topological polar surface area (TPSA) is 6.48 Å². The van der Waals surface area contributed by atoms with Crippen LogP contribution in [-0.2, 0) is 27.1 Å². The van der Waals surface area contributed by atoms with Crippen molar-refractivity contribution in [2.45, 2.75) is 198 Å². The highest BCUT2D eigenvalue weighted by Crippen LogP contribution is 2.63. The zero-order chi connectivity index (χ0) is 60.2. The lowest BCUT2D eigenvalue weighted by Crippen LogP contribution is -2.46. The molecule has 0 aromatic heterocycles. The molecule has 0 bridgehead atoms. The summed E-state index contributed by atoms with van der Waals surface area (Å²) in [5.74, 6) is -5.88. The van der Waals surface area contributed by atoms with Crippen LogP contribution in [0.5, 0.6) is 0 Å². The van der Waals surface area contributed by atoms with Gasteiger partial charge in [-0.2, -0.15) is 0 Å². The maximum absolute atomic E-state index is 16.4. The van der Waals surface area contributed by atoms with E-state index in [1.807, 2.05) is 24.3 Å². The third-order valence-corrected chi connectivity index (χ3v) is 20.6. The maximum atomic E-state index is 16.4. The molecule has 0 aliphatic heterocycles. The first kappa shape index (κ1) is 59.8. The Labute approximate surface area is 505 Å². The number of fused-ring (bicyclic) bond motifs is 5. The Kier molecular flexibility index (Phi) is 16.2. The highest BCUT2D eigenvalue weighted by atomic mass is 19.3. The summed E-state index contributed by atoms with van der Waals surface area (Å²) >= 11 is 0. The van der Waals surface area contributed by atoms with Gasteiger partial charge in [-0.15, -0.1) is 0 Å². The largest absolute Gasteiger partial charge is 0.310 e. The Balaban J connectivity index is 1.09. The van der Waals surface area contributed by atoms with Gasteiger partial charge in [0, 0.05) is 39.3 Å². The predicted molar refractivity (Wildman–Crippen MR) is 351 cm³/mol. The van der Waals surface area contributed by atoms with Crippen molar-refractivity contribution in [1.82, 2.24) is 0 Å². The van der Waals surface area contributed by atoms with Crippen molar-refractivity contribution in [2.24, 2.45) is 0 Å². The van der Waals surface area contributed by atoms with E-state index in [1.54, 1.807) is 55.4 Å². The number of halogens is 4. The summed E-state index contributed by atoms with van der Waals surface area (Å²) in [7, 11) is 0. The van der Waals surface area contributed by atoms with Gasteiger partial charge in [0.15, 0.2) is 0 Å². The van der Waals surface area contributed by atoms with Crippen LogP contribution in [0.25, 0.3) is 33.4 Å². The van der Waals surface area contributed by atoms with E-state index in [0.717, 1.165) is 94.9 Å². The molecule has 0 unspecified atom stereocenters. The zero-order valence-electron chi connectivity index (χ0n) is 52.1. The molecule has 0 N–H and O–H groups in total. The summed E-state index contributed by atoms with van der Waals surface area (Å²) in [5, 5.41) is 0. The molecule has 0 fully saturated rings. The van der Waals surface area contributed by atoms with E-state index in [0.29, 0.717) is 22.3 Å². The second-order valence-electron chi connectivity index (χ2n) is 27.1. The van der Waals surface area contributed by atoms with E-state index in [2.05, 4.69) is 181 Å². The number of para-hydroxylation sites is 4. The third kappa shape index (κ3) is 9.94. The fourth-order valence-electron chi connectivity index (χ4n) is 15.4. The lowest BCUT2D eigenvalue weighted by molar-refractivity contribution is -0.105. The first-order valence-corrected chi connectivity index (χ1v) is 31.9. The summed E-state index contributed by atoms with van der Waals surface area (Å²) < 4.78 is 65.6. The monoisotopic (exact) mass is 1140 g/mol. The molecule has 0 saturated carbocycles. The minimum absolute atomic E-state index is 0.330. The van der Waals surface area contributed by atoms with E-state index >= 15 is 17.6 Å². The molecule has 3 aliphatic rings. The number of benzene rings is 8. The highest BCUT2D eigenvalue weighted by molar-refractivity contribution is 5.94. The average Bonchev–Trinajstić information content (AvgIpc) is 1.59. The van der Waals surface area contributed by atoms with Crippen LogP contribution in [0.1, 0.15) is 193 Å². The smallest absolute Gasteiger partial charge is 0.266 e. The molecule has 0 atom stereocenters. The molecule has 11 rings (SSSR count). The number of unbranched alkanes of at least 4 members (excludes halogenated alkanes) is 10. The quantitative estimate of drug-likeness (QED) is 0.0493. The minimum Gasteiger partial charge on any atom is -0.310 e. The summed E-state index contributed by atoms with van der Waals surface area (Å²) in [6, 6.07) is 64.6. The van der Waals surface area contributed by atoms with E-state index in [-0.39, 0.29) is 5.41 Å². The van der Waals surface area contributed by atoms with Crippen LogP contribution in [0, 0.1) is 0 Å². The third-order valence-electron chi connectivity index (χ3n) is 20.6. The average molecular weight is 1140 g/mol. The van der Waals surface area contributed by atoms with Crippen molar-refractivity contribution in [1.29, 1.82) is 0 Å². The molecule has 0 radical (unpaired) electrons. The van der Waals surface area contributed by atoms with E-state index in [1.165, 1.54) is 73.6 Å². The van der Waals surface area contributed by atoms with Gasteiger partial charge in [-0.3, -0.25) is 0 Å². The predicted octanol–water partition coefficient (Wildman–Crippen LogP) is 24.1. The Morgan fingerprint density at radius 1 is 0.294 bits per heavy atom. The first-order chi connectivity index (χ1) is 40.7. The van der Waals surface area contributed by atoms with E-state index < -0.39 is 33.5 Å². The number of rotatable bonds is 22. The summed E-state index contributed by atoms with van der Waals surface area (Å²) in [4.78, 5) is 4.77. The van der Waals surface area contributed by atoms with Gasteiger partial charge in [0.2, 0.25) is 0 Å². The second-order valence-corrected chi connectivity index (χ2v) is 27.1. The minimum atomic E-state index is -2.94. The van der Waals surface area contributed by atoms with Crippen molar-refractivity contribution in [3.8, 4) is 33.4 Å². The van der Waals surface area contributed by atoms with Crippen LogP contribution in [0.2, 0.25) is 0 Å². The fourth-order valence-corrected chi connectivity index (χ4v) is 15.4. The second kappa shape index (κ2) is 23.1. The van der Waals surface area contributed by atoms with Crippen LogP contribution in [0.4, 0.5) is 51.7 Å². The SMILES string of the molecule is CCCCCCCCC1(CCCCCCCC)c2cc(N(c3ccccc3)c3ccccc3-c3ccc4c(c3)C(C)(C)C(F)(F)C4(C)C)ccc2-c2ccc(N(c3ccccc3)c3ccccc3-c3ccc4c(c3)C(C)(C)C(F)(F)C4(C)C)cc21. The van der Waals surface area contributed by atoms with Gasteiger partial charge in [-0.1, -0.05) is 212 Å². The molecule has 0 saturated heterocycles. The van der Waals surface area contributed by atoms with Gasteiger partial charge in [-0.25, -0.2) is 17.6 Å². The molecule has 0 heterocycles. The van der Waals surface area contributed by atoms with Gasteiger partial charge >= 0.3 is 0 Å². The van der Waals surface area contributed by atoms with Gasteiger partial charge in [0.25, 0.3) is 11.8 Å². The summed E-state index contributed by atoms with van der Waals surface area (Å²) in [6.07, 6.45) is 16.3. The fraction of sp³-hybridized carbons (Fsp3) is 0.392. The summed E-state index contributed by atoms with van der Waals surface area (Å²) in [5.41, 5.74) is 12.2. The molecule has 0 amide bonds. The van der Waals surface area contributed by atoms with Gasteiger partial charge in [0.05, 0.1) is 33.0 Å². The van der Waals surface area contributed by atoms with Gasteiger partial charge in [-0.05, 0) is 185 Å². The summed E-state index contributed by atoms with van der Waals surface area (Å²) in [6.45, 7) is 18.1. The molecular formula is C79H88F4N2. The number of hydrogen-bond donors (Lipinski definition) is 0. The molecule has 8 aromatic rings. The first-order valence-electron chi connectivity index (χ1n) is 31.9. The molecule has 6 heteroatoms. The maximum Gasteiger partial charge on any atom is 0.266 e. The number of anilines is 6. The molecule has 442 valence electrons. The van der Waals surface area contributed by atoms with Crippen molar-refractivity contribution in [2.75, 3.05) is 9.80 Å². The van der Waals surface area contributed by atoms with Crippen LogP contribution in [0.15, 0.2) is 182 Å². The molecule has 3 aliphatic carbocycles. The Morgan fingerprint density at radius 3 is 1.02 bits per heavy atom. The normalized spacial score (nSPS) is 17.4. The van der Waals surface area contributed by atoms with Crippen molar-refractivity contribution in [3.63, 3.8) is 0 Å². The van der Waals surface area contributed by atoms with Gasteiger partial charge in [0.1, 0.15) is 0 Å². The van der Waals surface area contributed by atoms with Gasteiger partial charge < -0.3 is 9.80 Å². The van der Waals surface area contributed by atoms with Crippen LogP contribution < -0.4 is 9.80 Å². The van der Waals surface area contributed by atoms with Crippen molar-refractivity contribution >= 4 is 34.1 Å². The van der Waals surface area contributed by atoms with Crippen molar-refractivity contribution < 1.29 is 17.6 Å². The van der Waals surface area contributed by atoms with E-state index in [9.17, 15) is 0 Å². The molecule has 0 spiro atoms. The Morgan fingerprint density at radius 2 is 0.635 bits per heavy atom. The van der Waals surface area contributed by atoms with Crippen molar-refractivity contribution in [3.05, 3.63) is 215 Å². The van der Waals surface area contributed by atoms with E-state index in [4.69, 9.17) is 0 Å². The number of nitrogens with zero attached hydrogens (tertiary/aromatic N) is 2.